The highest BCUT2D eigenvalue weighted by atomic mass is 19.3. The minimum atomic E-state index is -2.41. The van der Waals surface area contributed by atoms with Crippen LogP contribution in [0.15, 0.2) is 30.3 Å². The predicted octanol–water partition coefficient (Wildman–Crippen LogP) is 4.23. The molecule has 0 unspecified atom stereocenters. The number of hydrogen-bond acceptors (Lipinski definition) is 1. The summed E-state index contributed by atoms with van der Waals surface area (Å²) in [6, 6.07) is 6.65. The number of halogens is 2. The molecule has 0 radical (unpaired) electrons. The number of benzene rings is 1. The van der Waals surface area contributed by atoms with Crippen LogP contribution in [0.3, 0.4) is 0 Å². The van der Waals surface area contributed by atoms with E-state index in [1.54, 1.807) is 12.1 Å². The van der Waals surface area contributed by atoms with E-state index in [0.29, 0.717) is 5.92 Å². The number of nitrogens with zero attached hydrogens (tertiary/aromatic N) is 1. The van der Waals surface area contributed by atoms with Crippen molar-refractivity contribution in [1.82, 2.24) is 4.90 Å². The van der Waals surface area contributed by atoms with Crippen LogP contribution in [0.4, 0.5) is 8.78 Å². The van der Waals surface area contributed by atoms with Gasteiger partial charge in [-0.15, -0.1) is 0 Å². The van der Waals surface area contributed by atoms with E-state index in [4.69, 9.17) is 0 Å². The lowest BCUT2D eigenvalue weighted by Crippen LogP contribution is -2.20. The first-order valence-corrected chi connectivity index (χ1v) is 6.15. The fraction of sp³-hybridized carbons (Fsp3) is 0.467. The molecule has 0 saturated heterocycles. The fourth-order valence-electron chi connectivity index (χ4n) is 2.24. The van der Waals surface area contributed by atoms with E-state index in [0.717, 1.165) is 17.7 Å². The van der Waals surface area contributed by atoms with E-state index >= 15 is 0 Å². The molecular weight excluding hydrogens is 232 g/mol. The number of rotatable bonds is 5. The van der Waals surface area contributed by atoms with Crippen LogP contribution >= 0.6 is 0 Å². The second-order valence-electron chi connectivity index (χ2n) is 4.83. The zero-order valence-corrected chi connectivity index (χ0v) is 11.5. The van der Waals surface area contributed by atoms with Gasteiger partial charge in [-0.1, -0.05) is 31.2 Å². The summed E-state index contributed by atoms with van der Waals surface area (Å²) < 4.78 is 25.4. The molecule has 0 aliphatic rings. The maximum Gasteiger partial charge on any atom is 0.263 e. The number of alkyl halides is 2. The maximum atomic E-state index is 12.7. The van der Waals surface area contributed by atoms with Crippen LogP contribution in [-0.2, 0) is 0 Å². The molecule has 1 aromatic carbocycles. The molecule has 0 aliphatic heterocycles. The summed E-state index contributed by atoms with van der Waals surface area (Å²) >= 11 is 0. The zero-order chi connectivity index (χ0) is 13.7. The fourth-order valence-corrected chi connectivity index (χ4v) is 2.24. The standard InChI is InChI=1S/C15H21F2N/c1-5-14(11(2)10-18(3)4)12-7-6-8-13(9-12)15(16)17/h5-9,11,15H,10H2,1-4H3/b14-5+/t11-/m0/s1. The van der Waals surface area contributed by atoms with Gasteiger partial charge in [0.05, 0.1) is 0 Å². The van der Waals surface area contributed by atoms with Gasteiger partial charge < -0.3 is 4.90 Å². The van der Waals surface area contributed by atoms with Crippen molar-refractivity contribution >= 4 is 5.57 Å². The van der Waals surface area contributed by atoms with E-state index in [1.165, 1.54) is 6.07 Å². The Morgan fingerprint density at radius 2 is 2.00 bits per heavy atom. The summed E-state index contributed by atoms with van der Waals surface area (Å²) in [5.41, 5.74) is 2.10. The van der Waals surface area contributed by atoms with Gasteiger partial charge in [0.25, 0.3) is 6.43 Å². The molecule has 3 heteroatoms. The number of hydrogen-bond donors (Lipinski definition) is 0. The van der Waals surface area contributed by atoms with Crippen LogP contribution in [0.2, 0.25) is 0 Å². The largest absolute Gasteiger partial charge is 0.309 e. The Morgan fingerprint density at radius 1 is 1.33 bits per heavy atom. The Kier molecular flexibility index (Phi) is 5.48. The van der Waals surface area contributed by atoms with Crippen molar-refractivity contribution in [2.24, 2.45) is 5.92 Å². The van der Waals surface area contributed by atoms with Crippen molar-refractivity contribution < 1.29 is 8.78 Å². The van der Waals surface area contributed by atoms with Crippen LogP contribution < -0.4 is 0 Å². The van der Waals surface area contributed by atoms with Gasteiger partial charge in [-0.2, -0.15) is 0 Å². The summed E-state index contributed by atoms with van der Waals surface area (Å²) in [5, 5.41) is 0. The van der Waals surface area contributed by atoms with Crippen molar-refractivity contribution in [3.05, 3.63) is 41.5 Å². The Bertz CT molecular complexity index is 411. The van der Waals surface area contributed by atoms with Gasteiger partial charge in [0.1, 0.15) is 0 Å². The summed E-state index contributed by atoms with van der Waals surface area (Å²) in [6.07, 6.45) is -0.397. The van der Waals surface area contributed by atoms with Crippen molar-refractivity contribution in [3.63, 3.8) is 0 Å². The molecule has 0 fully saturated rings. The van der Waals surface area contributed by atoms with Gasteiger partial charge in [-0.3, -0.25) is 0 Å². The zero-order valence-electron chi connectivity index (χ0n) is 11.5. The quantitative estimate of drug-likeness (QED) is 0.759. The van der Waals surface area contributed by atoms with E-state index in [2.05, 4.69) is 11.8 Å². The van der Waals surface area contributed by atoms with E-state index in [1.807, 2.05) is 33.2 Å². The molecule has 0 bridgehead atoms. The highest BCUT2D eigenvalue weighted by Crippen LogP contribution is 2.27. The van der Waals surface area contributed by atoms with Crippen LogP contribution in [0, 0.1) is 5.92 Å². The lowest BCUT2D eigenvalue weighted by Gasteiger charge is -2.20. The lowest BCUT2D eigenvalue weighted by molar-refractivity contribution is 0.151. The van der Waals surface area contributed by atoms with Gasteiger partial charge in [-0.05, 0) is 44.1 Å². The molecule has 0 aromatic heterocycles. The second-order valence-corrected chi connectivity index (χ2v) is 4.83. The topological polar surface area (TPSA) is 3.24 Å². The molecule has 1 nitrogen and oxygen atoms in total. The highest BCUT2D eigenvalue weighted by Gasteiger charge is 2.13. The molecule has 1 atom stereocenters. The molecule has 0 spiro atoms. The second kappa shape index (κ2) is 6.64. The monoisotopic (exact) mass is 253 g/mol. The molecular formula is C15H21F2N. The minimum absolute atomic E-state index is 0.0869. The Labute approximate surface area is 108 Å². The molecule has 0 amide bonds. The third kappa shape index (κ3) is 3.91. The van der Waals surface area contributed by atoms with Gasteiger partial charge >= 0.3 is 0 Å². The molecule has 18 heavy (non-hydrogen) atoms. The average Bonchev–Trinajstić information content (AvgIpc) is 2.29. The third-order valence-electron chi connectivity index (χ3n) is 2.95. The molecule has 0 aliphatic carbocycles. The molecule has 100 valence electrons. The van der Waals surface area contributed by atoms with Crippen LogP contribution in [0.25, 0.3) is 5.57 Å². The Hall–Kier alpha value is -1.22. The van der Waals surface area contributed by atoms with Crippen molar-refractivity contribution in [2.45, 2.75) is 20.3 Å². The Balaban J connectivity index is 2.99. The SMILES string of the molecule is C/C=C(/c1cccc(C(F)F)c1)[C@@H](C)CN(C)C. The summed E-state index contributed by atoms with van der Waals surface area (Å²) in [7, 11) is 4.03. The first-order valence-electron chi connectivity index (χ1n) is 6.15. The Morgan fingerprint density at radius 3 is 2.50 bits per heavy atom. The predicted molar refractivity (Wildman–Crippen MR) is 72.8 cm³/mol. The van der Waals surface area contributed by atoms with Gasteiger partial charge in [0.2, 0.25) is 0 Å². The summed E-state index contributed by atoms with van der Waals surface area (Å²) in [6.45, 7) is 4.97. The first-order chi connectivity index (χ1) is 8.45. The normalized spacial score (nSPS) is 14.3. The van der Waals surface area contributed by atoms with E-state index in [9.17, 15) is 8.78 Å². The van der Waals surface area contributed by atoms with E-state index in [-0.39, 0.29) is 5.56 Å². The highest BCUT2D eigenvalue weighted by molar-refractivity contribution is 5.67. The average molecular weight is 253 g/mol. The van der Waals surface area contributed by atoms with Crippen LogP contribution in [-0.4, -0.2) is 25.5 Å². The first kappa shape index (κ1) is 14.8. The van der Waals surface area contributed by atoms with Crippen molar-refractivity contribution in [2.75, 3.05) is 20.6 Å². The smallest absolute Gasteiger partial charge is 0.263 e. The molecule has 0 saturated carbocycles. The number of allylic oxidation sites excluding steroid dienone is 1. The third-order valence-corrected chi connectivity index (χ3v) is 2.95. The lowest BCUT2D eigenvalue weighted by atomic mass is 9.92. The van der Waals surface area contributed by atoms with Gasteiger partial charge in [0.15, 0.2) is 0 Å². The van der Waals surface area contributed by atoms with Crippen molar-refractivity contribution in [1.29, 1.82) is 0 Å². The molecule has 1 rings (SSSR count). The summed E-state index contributed by atoms with van der Waals surface area (Å²) in [5.74, 6) is 0.318. The van der Waals surface area contributed by atoms with Gasteiger partial charge in [0, 0.05) is 12.1 Å². The van der Waals surface area contributed by atoms with Gasteiger partial charge in [-0.25, -0.2) is 8.78 Å². The van der Waals surface area contributed by atoms with Crippen LogP contribution in [0.5, 0.6) is 0 Å². The molecule has 0 N–H and O–H groups in total. The van der Waals surface area contributed by atoms with E-state index < -0.39 is 6.43 Å². The minimum Gasteiger partial charge on any atom is -0.309 e. The van der Waals surface area contributed by atoms with Crippen LogP contribution in [0.1, 0.15) is 31.4 Å². The maximum absolute atomic E-state index is 12.7. The summed E-state index contributed by atoms with van der Waals surface area (Å²) in [4.78, 5) is 2.10. The molecule has 1 aromatic rings. The molecule has 0 heterocycles. The van der Waals surface area contributed by atoms with Crippen molar-refractivity contribution in [3.8, 4) is 0 Å².